The van der Waals surface area contributed by atoms with E-state index in [1.165, 1.54) is 12.1 Å². The van der Waals surface area contributed by atoms with Crippen LogP contribution in [-0.4, -0.2) is 19.0 Å². The molecule has 1 saturated heterocycles. The van der Waals surface area contributed by atoms with Gasteiger partial charge in [0.25, 0.3) is 0 Å². The third-order valence-electron chi connectivity index (χ3n) is 3.63. The molecule has 0 saturated carbocycles. The van der Waals surface area contributed by atoms with Gasteiger partial charge in [-0.1, -0.05) is 13.0 Å². The van der Waals surface area contributed by atoms with Crippen LogP contribution in [0.25, 0.3) is 0 Å². The summed E-state index contributed by atoms with van der Waals surface area (Å²) in [7, 11) is 0. The number of hydrogen-bond acceptors (Lipinski definition) is 3. The molecule has 0 atom stereocenters. The predicted molar refractivity (Wildman–Crippen MR) is 70.0 cm³/mol. The number of nitriles is 1. The molecule has 4 nitrogen and oxygen atoms in total. The topological polar surface area (TPSA) is 64.9 Å². The highest BCUT2D eigenvalue weighted by Gasteiger charge is 2.34. The van der Waals surface area contributed by atoms with Gasteiger partial charge >= 0.3 is 0 Å². The molecule has 1 amide bonds. The van der Waals surface area contributed by atoms with Crippen LogP contribution < -0.4 is 10.6 Å². The van der Waals surface area contributed by atoms with Crippen LogP contribution in [0, 0.1) is 22.6 Å². The van der Waals surface area contributed by atoms with Crippen LogP contribution in [-0.2, 0) is 4.79 Å². The lowest BCUT2D eigenvalue weighted by molar-refractivity contribution is -0.126. The van der Waals surface area contributed by atoms with Crippen molar-refractivity contribution in [1.29, 1.82) is 5.26 Å². The van der Waals surface area contributed by atoms with Crippen molar-refractivity contribution in [2.45, 2.75) is 19.8 Å². The summed E-state index contributed by atoms with van der Waals surface area (Å²) in [6.07, 6.45) is 1.46. The van der Waals surface area contributed by atoms with E-state index in [1.54, 1.807) is 12.1 Å². The number of anilines is 1. The zero-order chi connectivity index (χ0) is 13.9. The maximum atomic E-state index is 13.5. The van der Waals surface area contributed by atoms with Crippen molar-refractivity contribution in [2.24, 2.45) is 5.41 Å². The van der Waals surface area contributed by atoms with E-state index in [2.05, 4.69) is 10.6 Å². The first-order valence-corrected chi connectivity index (χ1v) is 6.27. The average Bonchev–Trinajstić information content (AvgIpc) is 2.40. The van der Waals surface area contributed by atoms with Crippen LogP contribution in [0.15, 0.2) is 18.2 Å². The van der Waals surface area contributed by atoms with Gasteiger partial charge in [0.1, 0.15) is 17.4 Å². The maximum absolute atomic E-state index is 13.5. The second kappa shape index (κ2) is 5.37. The lowest BCUT2D eigenvalue weighted by Crippen LogP contribution is -2.42. The van der Waals surface area contributed by atoms with E-state index in [0.29, 0.717) is 0 Å². The molecule has 1 aromatic carbocycles. The minimum absolute atomic E-state index is 0.117. The molecule has 0 spiro atoms. The number of nitrogens with zero attached hydrogens (tertiary/aromatic N) is 1. The highest BCUT2D eigenvalue weighted by molar-refractivity contribution is 5.96. The summed E-state index contributed by atoms with van der Waals surface area (Å²) in [5, 5.41) is 14.8. The fourth-order valence-corrected chi connectivity index (χ4v) is 2.22. The molecule has 2 N–H and O–H groups in total. The Morgan fingerprint density at radius 3 is 2.79 bits per heavy atom. The highest BCUT2D eigenvalue weighted by atomic mass is 19.1. The van der Waals surface area contributed by atoms with Crippen molar-refractivity contribution >= 4 is 11.6 Å². The van der Waals surface area contributed by atoms with Crippen LogP contribution in [0.1, 0.15) is 25.3 Å². The number of hydrogen-bond donors (Lipinski definition) is 2. The fourth-order valence-electron chi connectivity index (χ4n) is 2.22. The highest BCUT2D eigenvalue weighted by Crippen LogP contribution is 2.30. The quantitative estimate of drug-likeness (QED) is 0.856. The van der Waals surface area contributed by atoms with Gasteiger partial charge in [-0.2, -0.15) is 5.26 Å². The molecule has 19 heavy (non-hydrogen) atoms. The monoisotopic (exact) mass is 261 g/mol. The average molecular weight is 261 g/mol. The van der Waals surface area contributed by atoms with Gasteiger partial charge in [-0.25, -0.2) is 4.39 Å². The first kappa shape index (κ1) is 13.5. The molecule has 1 aliphatic heterocycles. The van der Waals surface area contributed by atoms with Crippen LogP contribution in [0.5, 0.6) is 0 Å². The Morgan fingerprint density at radius 2 is 2.16 bits per heavy atom. The Balaban J connectivity index is 2.20. The molecule has 1 aromatic rings. The molecule has 0 radical (unpaired) electrons. The minimum atomic E-state index is -0.615. The van der Waals surface area contributed by atoms with Crippen molar-refractivity contribution in [3.63, 3.8) is 0 Å². The molecular formula is C14H16FN3O. The van der Waals surface area contributed by atoms with E-state index in [9.17, 15) is 9.18 Å². The van der Waals surface area contributed by atoms with E-state index in [-0.39, 0.29) is 17.2 Å². The predicted octanol–water partition coefficient (Wildman–Crippen LogP) is 2.03. The Hall–Kier alpha value is -1.93. The van der Waals surface area contributed by atoms with Gasteiger partial charge in [-0.3, -0.25) is 4.79 Å². The van der Waals surface area contributed by atoms with E-state index >= 15 is 0 Å². The molecule has 0 aromatic heterocycles. The summed E-state index contributed by atoms with van der Waals surface area (Å²) in [5.74, 6) is -0.771. The smallest absolute Gasteiger partial charge is 0.230 e. The zero-order valence-corrected chi connectivity index (χ0v) is 10.8. The fraction of sp³-hybridized carbons (Fsp3) is 0.429. The molecule has 0 aliphatic carbocycles. The zero-order valence-electron chi connectivity index (χ0n) is 10.8. The third kappa shape index (κ3) is 2.74. The van der Waals surface area contributed by atoms with Crippen LogP contribution >= 0.6 is 0 Å². The molecule has 2 rings (SSSR count). The van der Waals surface area contributed by atoms with Crippen LogP contribution in [0.2, 0.25) is 0 Å². The van der Waals surface area contributed by atoms with Crippen LogP contribution in [0.3, 0.4) is 0 Å². The second-order valence-electron chi connectivity index (χ2n) is 5.04. The lowest BCUT2D eigenvalue weighted by Gasteiger charge is -2.32. The molecular weight excluding hydrogens is 245 g/mol. The number of halogens is 1. The van der Waals surface area contributed by atoms with Gasteiger partial charge in [0, 0.05) is 5.41 Å². The number of piperidine rings is 1. The summed E-state index contributed by atoms with van der Waals surface area (Å²) >= 11 is 0. The molecule has 100 valence electrons. The maximum Gasteiger partial charge on any atom is 0.230 e. The minimum Gasteiger partial charge on any atom is -0.324 e. The summed E-state index contributed by atoms with van der Waals surface area (Å²) in [5.41, 5.74) is -0.342. The second-order valence-corrected chi connectivity index (χ2v) is 5.04. The first-order valence-electron chi connectivity index (χ1n) is 6.27. The largest absolute Gasteiger partial charge is 0.324 e. The third-order valence-corrected chi connectivity index (χ3v) is 3.63. The Kier molecular flexibility index (Phi) is 3.82. The molecule has 5 heteroatoms. The van der Waals surface area contributed by atoms with Crippen LogP contribution in [0.4, 0.5) is 10.1 Å². The summed E-state index contributed by atoms with van der Waals surface area (Å²) < 4.78 is 13.5. The van der Waals surface area contributed by atoms with Gasteiger partial charge in [0.15, 0.2) is 0 Å². The van der Waals surface area contributed by atoms with E-state index in [4.69, 9.17) is 5.26 Å². The molecule has 0 unspecified atom stereocenters. The molecule has 1 aliphatic rings. The summed E-state index contributed by atoms with van der Waals surface area (Å²) in [6.45, 7) is 3.48. The Labute approximate surface area is 111 Å². The number of rotatable bonds is 2. The summed E-state index contributed by atoms with van der Waals surface area (Å²) in [6, 6.07) is 6.02. The Morgan fingerprint density at radius 1 is 1.47 bits per heavy atom. The van der Waals surface area contributed by atoms with E-state index in [1.807, 2.05) is 6.92 Å². The summed E-state index contributed by atoms with van der Waals surface area (Å²) in [4.78, 5) is 12.3. The number of carbonyl (C=O) groups excluding carboxylic acids is 1. The van der Waals surface area contributed by atoms with Crippen molar-refractivity contribution in [3.05, 3.63) is 29.6 Å². The number of benzene rings is 1. The van der Waals surface area contributed by atoms with Gasteiger partial charge in [-0.05, 0) is 38.1 Å². The normalized spacial score (nSPS) is 17.5. The molecule has 0 bridgehead atoms. The number of amides is 1. The van der Waals surface area contributed by atoms with Gasteiger partial charge < -0.3 is 10.6 Å². The van der Waals surface area contributed by atoms with E-state index in [0.717, 1.165) is 25.9 Å². The Bertz CT molecular complexity index is 530. The molecule has 1 fully saturated rings. The molecule has 1 heterocycles. The SMILES string of the molecule is CC1(C(=O)Nc2cccc(F)c2C#N)CCNCC1. The lowest BCUT2D eigenvalue weighted by atomic mass is 9.80. The van der Waals surface area contributed by atoms with Crippen molar-refractivity contribution < 1.29 is 9.18 Å². The van der Waals surface area contributed by atoms with E-state index < -0.39 is 11.2 Å². The van der Waals surface area contributed by atoms with Crippen molar-refractivity contribution in [1.82, 2.24) is 5.32 Å². The van der Waals surface area contributed by atoms with Crippen molar-refractivity contribution in [3.8, 4) is 6.07 Å². The van der Waals surface area contributed by atoms with Gasteiger partial charge in [0.2, 0.25) is 5.91 Å². The van der Waals surface area contributed by atoms with Gasteiger partial charge in [-0.15, -0.1) is 0 Å². The van der Waals surface area contributed by atoms with Crippen molar-refractivity contribution in [2.75, 3.05) is 18.4 Å². The standard InChI is InChI=1S/C14H16FN3O/c1-14(5-7-17-8-6-14)13(19)18-12-4-2-3-11(15)10(12)9-16/h2-4,17H,5-8H2,1H3,(H,18,19). The number of nitrogens with one attached hydrogen (secondary N) is 2. The van der Waals surface area contributed by atoms with Gasteiger partial charge in [0.05, 0.1) is 5.69 Å². The number of carbonyl (C=O) groups is 1. The first-order chi connectivity index (χ1) is 9.07.